The van der Waals surface area contributed by atoms with Gasteiger partial charge in [-0.1, -0.05) is 32.4 Å². The summed E-state index contributed by atoms with van der Waals surface area (Å²) in [6, 6.07) is 0. The molecule has 2 atom stereocenters. The van der Waals surface area contributed by atoms with Crippen LogP contribution in [-0.4, -0.2) is 11.7 Å². The molecule has 0 aromatic heterocycles. The minimum Gasteiger partial charge on any atom is -0.392 e. The molecule has 0 aromatic carbocycles. The lowest BCUT2D eigenvalue weighted by molar-refractivity contribution is 0.199. The van der Waals surface area contributed by atoms with Crippen LogP contribution in [0.25, 0.3) is 0 Å². The molecule has 0 heterocycles. The number of allylic oxidation sites excluding steroid dienone is 1. The molecule has 82 valence electrons. The van der Waals surface area contributed by atoms with E-state index >= 15 is 0 Å². The van der Waals surface area contributed by atoms with Gasteiger partial charge in [-0.15, -0.1) is 0 Å². The second kappa shape index (κ2) is 4.48. The van der Waals surface area contributed by atoms with Crippen LogP contribution in [0.4, 0.5) is 0 Å². The van der Waals surface area contributed by atoms with Gasteiger partial charge in [0.05, 0.1) is 6.61 Å². The van der Waals surface area contributed by atoms with Crippen molar-refractivity contribution in [2.75, 3.05) is 6.61 Å². The molecule has 1 fully saturated rings. The third-order valence-electron chi connectivity index (χ3n) is 4.27. The van der Waals surface area contributed by atoms with E-state index in [0.717, 1.165) is 23.8 Å². The molecule has 0 spiro atoms. The first kappa shape index (κ1) is 11.8. The van der Waals surface area contributed by atoms with Gasteiger partial charge in [0.25, 0.3) is 0 Å². The van der Waals surface area contributed by atoms with Crippen molar-refractivity contribution in [2.24, 2.45) is 17.3 Å². The van der Waals surface area contributed by atoms with Crippen LogP contribution >= 0.6 is 0 Å². The standard InChI is InChI=1S/C13H24O/c1-10(9-14)5-7-12-8-6-11(2)13(12,3)4/h5,11-12,14H,6-9H2,1-4H3. The maximum atomic E-state index is 8.92. The highest BCUT2D eigenvalue weighted by atomic mass is 16.3. The molecule has 0 aliphatic heterocycles. The second-order valence-electron chi connectivity index (χ2n) is 5.44. The molecule has 0 saturated heterocycles. The minimum absolute atomic E-state index is 0.211. The van der Waals surface area contributed by atoms with Crippen LogP contribution < -0.4 is 0 Å². The van der Waals surface area contributed by atoms with Crippen LogP contribution in [-0.2, 0) is 0 Å². The summed E-state index contributed by atoms with van der Waals surface area (Å²) in [5.74, 6) is 1.65. The van der Waals surface area contributed by atoms with Crippen LogP contribution in [0.2, 0.25) is 0 Å². The molecule has 14 heavy (non-hydrogen) atoms. The smallest absolute Gasteiger partial charge is 0.0639 e. The SMILES string of the molecule is CC(=CCC1CCC(C)C1(C)C)CO. The van der Waals surface area contributed by atoms with Gasteiger partial charge >= 0.3 is 0 Å². The summed E-state index contributed by atoms with van der Waals surface area (Å²) >= 11 is 0. The summed E-state index contributed by atoms with van der Waals surface area (Å²) in [6.45, 7) is 9.35. The van der Waals surface area contributed by atoms with Crippen molar-refractivity contribution in [3.63, 3.8) is 0 Å². The number of rotatable bonds is 3. The zero-order valence-corrected chi connectivity index (χ0v) is 10.0. The largest absolute Gasteiger partial charge is 0.392 e. The summed E-state index contributed by atoms with van der Waals surface area (Å²) < 4.78 is 0. The van der Waals surface area contributed by atoms with Crippen LogP contribution in [0.15, 0.2) is 11.6 Å². The lowest BCUT2D eigenvalue weighted by atomic mass is 9.75. The van der Waals surface area contributed by atoms with E-state index in [4.69, 9.17) is 5.11 Å². The number of hydrogen-bond acceptors (Lipinski definition) is 1. The molecule has 1 N–H and O–H groups in total. The molecule has 0 radical (unpaired) electrons. The Balaban J connectivity index is 2.55. The summed E-state index contributed by atoms with van der Waals surface area (Å²) in [5.41, 5.74) is 1.59. The van der Waals surface area contributed by atoms with E-state index in [2.05, 4.69) is 26.8 Å². The first-order chi connectivity index (χ1) is 6.48. The lowest BCUT2D eigenvalue weighted by Gasteiger charge is -2.30. The van der Waals surface area contributed by atoms with E-state index in [-0.39, 0.29) is 6.61 Å². The second-order valence-corrected chi connectivity index (χ2v) is 5.44. The molecule has 1 heteroatoms. The molecule has 2 unspecified atom stereocenters. The zero-order chi connectivity index (χ0) is 10.8. The van der Waals surface area contributed by atoms with Crippen LogP contribution in [0.3, 0.4) is 0 Å². The highest BCUT2D eigenvalue weighted by molar-refractivity contribution is 5.01. The summed E-state index contributed by atoms with van der Waals surface area (Å²) in [6.07, 6.45) is 6.07. The first-order valence-corrected chi connectivity index (χ1v) is 5.75. The van der Waals surface area contributed by atoms with Gasteiger partial charge in [-0.3, -0.25) is 0 Å². The molecule has 0 aromatic rings. The highest BCUT2D eigenvalue weighted by Crippen LogP contribution is 2.48. The van der Waals surface area contributed by atoms with E-state index in [1.54, 1.807) is 0 Å². The van der Waals surface area contributed by atoms with Gasteiger partial charge in [-0.2, -0.15) is 0 Å². The van der Waals surface area contributed by atoms with Crippen molar-refractivity contribution in [1.29, 1.82) is 0 Å². The fraction of sp³-hybridized carbons (Fsp3) is 0.846. The molecular weight excluding hydrogens is 172 g/mol. The summed E-state index contributed by atoms with van der Waals surface area (Å²) in [7, 11) is 0. The van der Waals surface area contributed by atoms with Crippen molar-refractivity contribution in [3.05, 3.63) is 11.6 Å². The van der Waals surface area contributed by atoms with Gasteiger partial charge in [0, 0.05) is 0 Å². The monoisotopic (exact) mass is 196 g/mol. The van der Waals surface area contributed by atoms with Crippen molar-refractivity contribution in [1.82, 2.24) is 0 Å². The minimum atomic E-state index is 0.211. The fourth-order valence-corrected chi connectivity index (χ4v) is 2.43. The Hall–Kier alpha value is -0.300. The Labute approximate surface area is 88.2 Å². The molecule has 1 saturated carbocycles. The molecular formula is C13H24O. The third-order valence-corrected chi connectivity index (χ3v) is 4.27. The van der Waals surface area contributed by atoms with Gasteiger partial charge in [0.2, 0.25) is 0 Å². The topological polar surface area (TPSA) is 20.2 Å². The predicted molar refractivity (Wildman–Crippen MR) is 61.1 cm³/mol. The van der Waals surface area contributed by atoms with E-state index < -0.39 is 0 Å². The molecule has 1 aliphatic rings. The van der Waals surface area contributed by atoms with Gasteiger partial charge in [-0.25, -0.2) is 0 Å². The highest BCUT2D eigenvalue weighted by Gasteiger charge is 2.39. The average molecular weight is 196 g/mol. The van der Waals surface area contributed by atoms with Gasteiger partial charge in [-0.05, 0) is 43.4 Å². The fourth-order valence-electron chi connectivity index (χ4n) is 2.43. The van der Waals surface area contributed by atoms with Gasteiger partial charge in [0.15, 0.2) is 0 Å². The normalized spacial score (nSPS) is 32.2. The third kappa shape index (κ3) is 2.38. The molecule has 1 nitrogen and oxygen atoms in total. The number of aliphatic hydroxyl groups excluding tert-OH is 1. The predicted octanol–water partition coefficient (Wildman–Crippen LogP) is 3.39. The summed E-state index contributed by atoms with van der Waals surface area (Å²) in [5, 5.41) is 8.92. The first-order valence-electron chi connectivity index (χ1n) is 5.75. The molecule has 1 aliphatic carbocycles. The quantitative estimate of drug-likeness (QED) is 0.686. The average Bonchev–Trinajstić information content (AvgIpc) is 2.39. The maximum Gasteiger partial charge on any atom is 0.0639 e. The van der Waals surface area contributed by atoms with Crippen LogP contribution in [0, 0.1) is 17.3 Å². The van der Waals surface area contributed by atoms with Crippen LogP contribution in [0.5, 0.6) is 0 Å². The Morgan fingerprint density at radius 1 is 1.43 bits per heavy atom. The molecule has 0 amide bonds. The number of aliphatic hydroxyl groups is 1. The zero-order valence-electron chi connectivity index (χ0n) is 10.0. The molecule has 1 rings (SSSR count). The Morgan fingerprint density at radius 2 is 2.07 bits per heavy atom. The number of hydrogen-bond donors (Lipinski definition) is 1. The Kier molecular flexibility index (Phi) is 3.77. The molecule has 0 bridgehead atoms. The van der Waals surface area contributed by atoms with Crippen molar-refractivity contribution < 1.29 is 5.11 Å². The van der Waals surface area contributed by atoms with E-state index in [9.17, 15) is 0 Å². The van der Waals surface area contributed by atoms with E-state index in [1.807, 2.05) is 6.92 Å². The van der Waals surface area contributed by atoms with Crippen LogP contribution in [0.1, 0.15) is 47.0 Å². The summed E-state index contributed by atoms with van der Waals surface area (Å²) in [4.78, 5) is 0. The van der Waals surface area contributed by atoms with Crippen molar-refractivity contribution in [2.45, 2.75) is 47.0 Å². The Bertz CT molecular complexity index is 215. The van der Waals surface area contributed by atoms with E-state index in [0.29, 0.717) is 5.41 Å². The van der Waals surface area contributed by atoms with E-state index in [1.165, 1.54) is 12.8 Å². The maximum absolute atomic E-state index is 8.92. The van der Waals surface area contributed by atoms with Gasteiger partial charge in [0.1, 0.15) is 0 Å². The van der Waals surface area contributed by atoms with Crippen molar-refractivity contribution >= 4 is 0 Å². The Morgan fingerprint density at radius 3 is 2.50 bits per heavy atom. The lowest BCUT2D eigenvalue weighted by Crippen LogP contribution is -2.22. The van der Waals surface area contributed by atoms with Crippen molar-refractivity contribution in [3.8, 4) is 0 Å². The van der Waals surface area contributed by atoms with Gasteiger partial charge < -0.3 is 5.11 Å².